The summed E-state index contributed by atoms with van der Waals surface area (Å²) in [6.45, 7) is 7.20. The second-order valence-corrected chi connectivity index (χ2v) is 9.57. The first-order valence-electron chi connectivity index (χ1n) is 11.0. The first kappa shape index (κ1) is 20.9. The normalized spacial score (nSPS) is 18.9. The van der Waals surface area contributed by atoms with Crippen molar-refractivity contribution >= 4 is 17.7 Å². The molecule has 0 N–H and O–H groups in total. The molecule has 0 amide bonds. The smallest absolute Gasteiger partial charge is 0.228 e. The molecule has 0 saturated carbocycles. The first-order valence-corrected chi connectivity index (χ1v) is 12.0. The van der Waals surface area contributed by atoms with Gasteiger partial charge in [-0.3, -0.25) is 4.57 Å². The molecule has 2 atom stereocenters. The number of piperidine rings is 1. The molecule has 166 valence electrons. The molecule has 0 bridgehead atoms. The zero-order chi connectivity index (χ0) is 21.9. The Morgan fingerprint density at radius 3 is 2.56 bits per heavy atom. The highest BCUT2D eigenvalue weighted by atomic mass is 32.2. The van der Waals surface area contributed by atoms with Crippen LogP contribution in [0.1, 0.15) is 31.8 Å². The standard InChI is InChI=1S/C24H27N5O2S/c1-17-11-18(2)14-28(13-17)23-25-26-24(29(23)15-20-9-6-10-30-20)32-16-21-12-22(27-31-21)19-7-4-3-5-8-19/h3-10,12,17-18H,11,13-16H2,1-2H3. The summed E-state index contributed by atoms with van der Waals surface area (Å²) in [5, 5.41) is 14.2. The number of nitrogens with zero attached hydrogens (tertiary/aromatic N) is 5. The van der Waals surface area contributed by atoms with Crippen LogP contribution in [0.2, 0.25) is 0 Å². The van der Waals surface area contributed by atoms with Gasteiger partial charge in [-0.1, -0.05) is 61.1 Å². The number of benzene rings is 1. The number of hydrogen-bond donors (Lipinski definition) is 0. The van der Waals surface area contributed by atoms with E-state index in [-0.39, 0.29) is 0 Å². The van der Waals surface area contributed by atoms with E-state index in [1.807, 2.05) is 48.5 Å². The summed E-state index contributed by atoms with van der Waals surface area (Å²) < 4.78 is 13.4. The lowest BCUT2D eigenvalue weighted by Crippen LogP contribution is -2.40. The van der Waals surface area contributed by atoms with Gasteiger partial charge in [-0.15, -0.1) is 10.2 Å². The third-order valence-corrected chi connectivity index (χ3v) is 6.70. The molecule has 0 radical (unpaired) electrons. The van der Waals surface area contributed by atoms with Gasteiger partial charge in [0.25, 0.3) is 0 Å². The van der Waals surface area contributed by atoms with Gasteiger partial charge in [0.1, 0.15) is 17.2 Å². The van der Waals surface area contributed by atoms with Crippen LogP contribution in [0.25, 0.3) is 11.3 Å². The summed E-state index contributed by atoms with van der Waals surface area (Å²) in [5.41, 5.74) is 1.89. The van der Waals surface area contributed by atoms with E-state index in [0.717, 1.165) is 47.0 Å². The average molecular weight is 450 g/mol. The Balaban J connectivity index is 1.36. The molecule has 8 heteroatoms. The number of aromatic nitrogens is 4. The fourth-order valence-corrected chi connectivity index (χ4v) is 5.21. The predicted octanol–water partition coefficient (Wildman–Crippen LogP) is 5.35. The first-order chi connectivity index (χ1) is 15.7. The van der Waals surface area contributed by atoms with Crippen LogP contribution in [-0.2, 0) is 12.3 Å². The van der Waals surface area contributed by atoms with Gasteiger partial charge < -0.3 is 13.8 Å². The lowest BCUT2D eigenvalue weighted by Gasteiger charge is -2.35. The van der Waals surface area contributed by atoms with Gasteiger partial charge in [0.05, 0.1) is 18.6 Å². The van der Waals surface area contributed by atoms with Crippen molar-refractivity contribution < 1.29 is 8.94 Å². The number of anilines is 1. The largest absolute Gasteiger partial charge is 0.467 e. The molecule has 4 aromatic rings. The minimum atomic E-state index is 0.600. The number of rotatable bonds is 7. The van der Waals surface area contributed by atoms with Crippen molar-refractivity contribution in [2.24, 2.45) is 11.8 Å². The van der Waals surface area contributed by atoms with Crippen molar-refractivity contribution in [1.29, 1.82) is 0 Å². The van der Waals surface area contributed by atoms with Gasteiger partial charge in [0, 0.05) is 24.7 Å². The molecule has 1 aliphatic rings. The summed E-state index contributed by atoms with van der Waals surface area (Å²) in [6.07, 6.45) is 2.95. The fraction of sp³-hybridized carbons (Fsp3) is 0.375. The van der Waals surface area contributed by atoms with E-state index in [0.29, 0.717) is 24.1 Å². The van der Waals surface area contributed by atoms with E-state index < -0.39 is 0 Å². The highest BCUT2D eigenvalue weighted by Gasteiger charge is 2.27. The van der Waals surface area contributed by atoms with Crippen LogP contribution in [0.3, 0.4) is 0 Å². The van der Waals surface area contributed by atoms with E-state index in [9.17, 15) is 0 Å². The minimum absolute atomic E-state index is 0.600. The lowest BCUT2D eigenvalue weighted by molar-refractivity contribution is 0.350. The minimum Gasteiger partial charge on any atom is -0.467 e. The maximum atomic E-state index is 5.63. The maximum Gasteiger partial charge on any atom is 0.228 e. The summed E-state index contributed by atoms with van der Waals surface area (Å²) in [5.74, 6) is 4.50. The van der Waals surface area contributed by atoms with Crippen LogP contribution >= 0.6 is 11.8 Å². The van der Waals surface area contributed by atoms with E-state index in [1.54, 1.807) is 18.0 Å². The van der Waals surface area contributed by atoms with E-state index in [1.165, 1.54) is 6.42 Å². The molecule has 32 heavy (non-hydrogen) atoms. The molecule has 0 spiro atoms. The van der Waals surface area contributed by atoms with Crippen molar-refractivity contribution in [3.05, 3.63) is 66.3 Å². The number of furan rings is 1. The highest BCUT2D eigenvalue weighted by molar-refractivity contribution is 7.98. The lowest BCUT2D eigenvalue weighted by atomic mass is 9.92. The molecule has 5 rings (SSSR count). The van der Waals surface area contributed by atoms with Crippen molar-refractivity contribution in [1.82, 2.24) is 19.9 Å². The van der Waals surface area contributed by atoms with Crippen molar-refractivity contribution in [2.75, 3.05) is 18.0 Å². The monoisotopic (exact) mass is 449 g/mol. The second-order valence-electron chi connectivity index (χ2n) is 8.63. The fourth-order valence-electron chi connectivity index (χ4n) is 4.41. The molecule has 1 aromatic carbocycles. The molecule has 2 unspecified atom stereocenters. The molecule has 7 nitrogen and oxygen atoms in total. The molecule has 3 aromatic heterocycles. The molecule has 1 aliphatic heterocycles. The second kappa shape index (κ2) is 9.24. The maximum absolute atomic E-state index is 5.63. The van der Waals surface area contributed by atoms with Crippen LogP contribution in [0, 0.1) is 11.8 Å². The van der Waals surface area contributed by atoms with E-state index >= 15 is 0 Å². The topological polar surface area (TPSA) is 73.1 Å². The van der Waals surface area contributed by atoms with Crippen LogP contribution < -0.4 is 4.90 Å². The SMILES string of the molecule is CC1CC(C)CN(c2nnc(SCc3cc(-c4ccccc4)no3)n2Cc2ccco2)C1. The summed E-state index contributed by atoms with van der Waals surface area (Å²) in [7, 11) is 0. The molecule has 4 heterocycles. The van der Waals surface area contributed by atoms with Crippen LogP contribution in [0.4, 0.5) is 5.95 Å². The predicted molar refractivity (Wildman–Crippen MR) is 124 cm³/mol. The van der Waals surface area contributed by atoms with Crippen LogP contribution in [-0.4, -0.2) is 33.0 Å². The Labute approximate surface area is 191 Å². The molecule has 1 fully saturated rings. The summed E-state index contributed by atoms with van der Waals surface area (Å²) in [6, 6.07) is 15.9. The van der Waals surface area contributed by atoms with Crippen molar-refractivity contribution in [3.63, 3.8) is 0 Å². The Morgan fingerprint density at radius 1 is 1.00 bits per heavy atom. The third-order valence-electron chi connectivity index (χ3n) is 5.72. The molecule has 1 saturated heterocycles. The molecular formula is C24H27N5O2S. The third kappa shape index (κ3) is 4.60. The highest BCUT2D eigenvalue weighted by Crippen LogP contribution is 2.31. The number of thioether (sulfide) groups is 1. The average Bonchev–Trinajstić information content (AvgIpc) is 3.54. The van der Waals surface area contributed by atoms with Crippen molar-refractivity contribution in [3.8, 4) is 11.3 Å². The summed E-state index contributed by atoms with van der Waals surface area (Å²) >= 11 is 1.60. The Morgan fingerprint density at radius 2 is 1.81 bits per heavy atom. The van der Waals surface area contributed by atoms with Gasteiger partial charge >= 0.3 is 0 Å². The summed E-state index contributed by atoms with van der Waals surface area (Å²) in [4.78, 5) is 2.36. The van der Waals surface area contributed by atoms with E-state index in [2.05, 4.69) is 38.7 Å². The molecular weight excluding hydrogens is 422 g/mol. The van der Waals surface area contributed by atoms with Crippen LogP contribution in [0.15, 0.2) is 68.9 Å². The van der Waals surface area contributed by atoms with E-state index in [4.69, 9.17) is 8.94 Å². The van der Waals surface area contributed by atoms with Gasteiger partial charge in [-0.2, -0.15) is 0 Å². The van der Waals surface area contributed by atoms with Crippen molar-refractivity contribution in [2.45, 2.75) is 37.7 Å². The zero-order valence-corrected chi connectivity index (χ0v) is 19.2. The van der Waals surface area contributed by atoms with Gasteiger partial charge in [-0.25, -0.2) is 0 Å². The number of hydrogen-bond acceptors (Lipinski definition) is 7. The Bertz CT molecular complexity index is 1130. The van der Waals surface area contributed by atoms with Gasteiger partial charge in [-0.05, 0) is 30.4 Å². The van der Waals surface area contributed by atoms with Gasteiger partial charge in [0.15, 0.2) is 5.16 Å². The Hall–Kier alpha value is -3.00. The Kier molecular flexibility index (Phi) is 6.03. The molecule has 0 aliphatic carbocycles. The van der Waals surface area contributed by atoms with Crippen LogP contribution in [0.5, 0.6) is 0 Å². The quantitative estimate of drug-likeness (QED) is 0.352. The zero-order valence-electron chi connectivity index (χ0n) is 18.3. The van der Waals surface area contributed by atoms with Gasteiger partial charge in [0.2, 0.25) is 5.95 Å².